The van der Waals surface area contributed by atoms with Gasteiger partial charge >= 0.3 is 12.5 Å². The molecule has 1 aliphatic heterocycles. The van der Waals surface area contributed by atoms with Gasteiger partial charge in [0.15, 0.2) is 0 Å². The van der Waals surface area contributed by atoms with Gasteiger partial charge < -0.3 is 24.7 Å². The van der Waals surface area contributed by atoms with Crippen molar-refractivity contribution in [3.63, 3.8) is 0 Å². The summed E-state index contributed by atoms with van der Waals surface area (Å²) in [6, 6.07) is 4.45. The molecule has 3 rings (SSSR count). The van der Waals surface area contributed by atoms with E-state index in [9.17, 15) is 27.6 Å². The van der Waals surface area contributed by atoms with E-state index >= 15 is 0 Å². The third kappa shape index (κ3) is 7.91. The Morgan fingerprint density at radius 2 is 1.84 bits per heavy atom. The maximum atomic E-state index is 13.5. The lowest BCUT2D eigenvalue weighted by molar-refractivity contribution is -0.274. The number of hydrogen-bond donors (Lipinski definition) is 2. The quantitative estimate of drug-likeness (QED) is 0.457. The fourth-order valence-electron chi connectivity index (χ4n) is 3.69. The van der Waals surface area contributed by atoms with Crippen molar-refractivity contribution in [3.05, 3.63) is 57.5 Å². The summed E-state index contributed by atoms with van der Waals surface area (Å²) < 4.78 is 48.0. The molecule has 1 atom stereocenters. The lowest BCUT2D eigenvalue weighted by atomic mass is 10.1. The molecular formula is C25H30F3N3O5S. The number of thioether (sulfide) groups is 1. The molecular weight excluding hydrogens is 511 g/mol. The number of amides is 2. The molecule has 2 N–H and O–H groups in total. The minimum atomic E-state index is -4.81. The average molecular weight is 542 g/mol. The Bertz CT molecular complexity index is 1190. The first-order valence-electron chi connectivity index (χ1n) is 11.8. The van der Waals surface area contributed by atoms with E-state index in [0.717, 1.165) is 25.0 Å². The topological polar surface area (TPSA) is 98.7 Å². The molecule has 0 fully saturated rings. The number of nitrogens with zero attached hydrogens (tertiary/aromatic N) is 1. The first-order valence-corrected chi connectivity index (χ1v) is 12.8. The van der Waals surface area contributed by atoms with Crippen LogP contribution in [-0.4, -0.2) is 40.8 Å². The fourth-order valence-corrected chi connectivity index (χ4v) is 4.96. The van der Waals surface area contributed by atoms with E-state index in [1.54, 1.807) is 20.8 Å². The number of fused-ring (bicyclic) bond motifs is 1. The van der Waals surface area contributed by atoms with Gasteiger partial charge in [0.1, 0.15) is 11.4 Å². The lowest BCUT2D eigenvalue weighted by Gasteiger charge is -2.22. The summed E-state index contributed by atoms with van der Waals surface area (Å²) in [6.07, 6.45) is -2.37. The third-order valence-corrected chi connectivity index (χ3v) is 6.50. The zero-order valence-corrected chi connectivity index (χ0v) is 21.8. The monoisotopic (exact) mass is 541 g/mol. The van der Waals surface area contributed by atoms with Crippen molar-refractivity contribution in [3.8, 4) is 5.75 Å². The second kappa shape index (κ2) is 11.5. The van der Waals surface area contributed by atoms with Crippen molar-refractivity contribution in [2.45, 2.75) is 70.0 Å². The highest BCUT2D eigenvalue weighted by Crippen LogP contribution is 2.38. The number of rotatable bonds is 8. The minimum Gasteiger partial charge on any atom is -0.444 e. The average Bonchev–Trinajstić information content (AvgIpc) is 3.18. The number of carbonyl (C=O) groups excluding carboxylic acids is 2. The summed E-state index contributed by atoms with van der Waals surface area (Å²) in [5.74, 6) is -0.392. The van der Waals surface area contributed by atoms with Gasteiger partial charge in [0.2, 0.25) is 0 Å². The molecule has 0 spiro atoms. The van der Waals surface area contributed by atoms with Crippen LogP contribution in [0.15, 0.2) is 40.2 Å². The van der Waals surface area contributed by atoms with Gasteiger partial charge in [-0.25, -0.2) is 4.79 Å². The third-order valence-electron chi connectivity index (χ3n) is 5.27. The van der Waals surface area contributed by atoms with Gasteiger partial charge in [0, 0.05) is 23.4 Å². The van der Waals surface area contributed by atoms with Gasteiger partial charge in [-0.1, -0.05) is 25.5 Å². The van der Waals surface area contributed by atoms with E-state index in [-0.39, 0.29) is 23.8 Å². The maximum absolute atomic E-state index is 13.5. The Hall–Kier alpha value is -3.15. The summed E-state index contributed by atoms with van der Waals surface area (Å²) >= 11 is 1.30. The second-order valence-electron chi connectivity index (χ2n) is 9.53. The molecule has 2 aromatic rings. The normalized spacial score (nSPS) is 15.2. The molecule has 0 radical (unpaired) electrons. The van der Waals surface area contributed by atoms with E-state index in [0.29, 0.717) is 28.3 Å². The summed E-state index contributed by atoms with van der Waals surface area (Å²) in [5.41, 5.74) is -0.0581. The second-order valence-corrected chi connectivity index (χ2v) is 10.6. The Labute approximate surface area is 216 Å². The number of alkyl halides is 3. The Balaban J connectivity index is 1.95. The van der Waals surface area contributed by atoms with E-state index in [4.69, 9.17) is 4.74 Å². The highest BCUT2D eigenvalue weighted by atomic mass is 32.2. The van der Waals surface area contributed by atoms with E-state index in [2.05, 4.69) is 15.4 Å². The van der Waals surface area contributed by atoms with Gasteiger partial charge in [-0.3, -0.25) is 9.59 Å². The molecule has 0 saturated heterocycles. The molecule has 12 heteroatoms. The van der Waals surface area contributed by atoms with E-state index in [1.165, 1.54) is 34.7 Å². The molecule has 0 saturated carbocycles. The predicted molar refractivity (Wildman–Crippen MR) is 133 cm³/mol. The molecule has 0 aliphatic carbocycles. The van der Waals surface area contributed by atoms with Crippen LogP contribution in [-0.2, 0) is 11.3 Å². The number of aromatic nitrogens is 1. The predicted octanol–water partition coefficient (Wildman–Crippen LogP) is 5.00. The Morgan fingerprint density at radius 1 is 1.16 bits per heavy atom. The number of carbonyl (C=O) groups is 2. The lowest BCUT2D eigenvalue weighted by Crippen LogP contribution is -2.38. The van der Waals surface area contributed by atoms with Crippen LogP contribution in [0.5, 0.6) is 5.75 Å². The van der Waals surface area contributed by atoms with E-state index in [1.807, 2.05) is 6.92 Å². The van der Waals surface area contributed by atoms with Crippen molar-refractivity contribution in [1.29, 1.82) is 0 Å². The number of nitrogens with one attached hydrogen (secondary N) is 2. The first kappa shape index (κ1) is 28.4. The molecule has 37 heavy (non-hydrogen) atoms. The van der Waals surface area contributed by atoms with Crippen LogP contribution in [0.3, 0.4) is 0 Å². The zero-order chi connectivity index (χ0) is 27.4. The summed E-state index contributed by atoms with van der Waals surface area (Å²) in [6.45, 7) is 7.63. The van der Waals surface area contributed by atoms with Crippen LogP contribution in [0.4, 0.5) is 18.0 Å². The number of halogens is 3. The van der Waals surface area contributed by atoms with Crippen LogP contribution in [0, 0.1) is 0 Å². The van der Waals surface area contributed by atoms with E-state index < -0.39 is 29.7 Å². The number of pyridine rings is 1. The van der Waals surface area contributed by atoms with Crippen molar-refractivity contribution in [2.24, 2.45) is 0 Å². The molecule has 1 aromatic carbocycles. The summed E-state index contributed by atoms with van der Waals surface area (Å²) in [5, 5.41) is 5.57. The largest absolute Gasteiger partial charge is 0.573 e. The van der Waals surface area contributed by atoms with Gasteiger partial charge in [-0.15, -0.1) is 24.9 Å². The molecule has 2 amide bonds. The number of ether oxygens (including phenoxy) is 2. The minimum absolute atomic E-state index is 0.00250. The number of benzene rings is 1. The smallest absolute Gasteiger partial charge is 0.444 e. The fraction of sp³-hybridized carbons (Fsp3) is 0.480. The van der Waals surface area contributed by atoms with Crippen molar-refractivity contribution in [1.82, 2.24) is 15.2 Å². The molecule has 0 unspecified atom stereocenters. The SMILES string of the molecule is CCCCNC(=O)c1cn(Cc2ccc(OC(F)(F)F)cc2)c(=O)c2c1SC[C@@H]2NC(=O)OC(C)(C)C. The van der Waals surface area contributed by atoms with Gasteiger partial charge in [0.05, 0.1) is 23.7 Å². The summed E-state index contributed by atoms with van der Waals surface area (Å²) in [4.78, 5) is 39.4. The van der Waals surface area contributed by atoms with Crippen LogP contribution in [0.1, 0.15) is 68.1 Å². The molecule has 1 aromatic heterocycles. The number of hydrogen-bond acceptors (Lipinski definition) is 6. The zero-order valence-electron chi connectivity index (χ0n) is 21.0. The van der Waals surface area contributed by atoms with Crippen molar-refractivity contribution >= 4 is 23.8 Å². The maximum Gasteiger partial charge on any atom is 0.573 e. The van der Waals surface area contributed by atoms with Crippen LogP contribution < -0.4 is 20.9 Å². The molecule has 202 valence electrons. The standard InChI is InChI=1S/C25H30F3N3O5S/c1-5-6-11-29-21(32)17-13-31(12-15-7-9-16(10-8-15)35-25(26,27)28)22(33)19-18(14-37-20(17)19)30-23(34)36-24(2,3)4/h7-10,13,18H,5-6,11-12,14H2,1-4H3,(H,29,32)(H,30,34)/t18-/m0/s1. The first-order chi connectivity index (χ1) is 17.3. The molecule has 8 nitrogen and oxygen atoms in total. The van der Waals surface area contributed by atoms with Crippen LogP contribution >= 0.6 is 11.8 Å². The van der Waals surface area contributed by atoms with Gasteiger partial charge in [0.25, 0.3) is 11.5 Å². The molecule has 2 heterocycles. The highest BCUT2D eigenvalue weighted by molar-refractivity contribution is 7.99. The Morgan fingerprint density at radius 3 is 2.43 bits per heavy atom. The number of alkyl carbamates (subject to hydrolysis) is 1. The number of unbranched alkanes of at least 4 members (excludes halogenated alkanes) is 1. The van der Waals surface area contributed by atoms with Gasteiger partial charge in [-0.05, 0) is 44.9 Å². The van der Waals surface area contributed by atoms with Crippen molar-refractivity contribution in [2.75, 3.05) is 12.3 Å². The molecule has 0 bridgehead atoms. The summed E-state index contributed by atoms with van der Waals surface area (Å²) in [7, 11) is 0. The van der Waals surface area contributed by atoms with Crippen molar-refractivity contribution < 1.29 is 32.2 Å². The van der Waals surface area contributed by atoms with Crippen LogP contribution in [0.2, 0.25) is 0 Å². The highest BCUT2D eigenvalue weighted by Gasteiger charge is 2.34. The Kier molecular flexibility index (Phi) is 8.83. The van der Waals surface area contributed by atoms with Gasteiger partial charge in [-0.2, -0.15) is 0 Å². The molecule has 1 aliphatic rings. The van der Waals surface area contributed by atoms with Crippen LogP contribution in [0.25, 0.3) is 0 Å².